The number of aryl methyl sites for hydroxylation is 1. The number of carbonyl (C=O) groups is 1. The fourth-order valence-electron chi connectivity index (χ4n) is 3.25. The van der Waals surface area contributed by atoms with Crippen LogP contribution in [0.25, 0.3) is 0 Å². The van der Waals surface area contributed by atoms with Gasteiger partial charge in [0.2, 0.25) is 0 Å². The minimum Gasteiger partial charge on any atom is -0.461 e. The minimum absolute atomic E-state index is 0.0133. The number of cyclic esters (lactones) is 1. The van der Waals surface area contributed by atoms with Crippen LogP contribution in [0.1, 0.15) is 49.1 Å². The summed E-state index contributed by atoms with van der Waals surface area (Å²) in [5.41, 5.74) is 2.80. The fourth-order valence-corrected chi connectivity index (χ4v) is 3.25. The Morgan fingerprint density at radius 2 is 1.67 bits per heavy atom. The Bertz CT molecular complexity index is 419. The van der Waals surface area contributed by atoms with E-state index in [-0.39, 0.29) is 12.1 Å². The Morgan fingerprint density at radius 1 is 1.06 bits per heavy atom. The van der Waals surface area contributed by atoms with E-state index in [0.29, 0.717) is 18.3 Å². The van der Waals surface area contributed by atoms with E-state index in [1.807, 2.05) is 0 Å². The highest BCUT2D eigenvalue weighted by Gasteiger charge is 2.37. The number of rotatable bonds is 2. The molecular formula is C16H20O2. The zero-order valence-electron chi connectivity index (χ0n) is 10.9. The summed E-state index contributed by atoms with van der Waals surface area (Å²) in [7, 11) is 0. The van der Waals surface area contributed by atoms with Gasteiger partial charge in [0.25, 0.3) is 0 Å². The van der Waals surface area contributed by atoms with E-state index in [1.54, 1.807) is 0 Å². The number of esters is 1. The molecule has 18 heavy (non-hydrogen) atoms. The van der Waals surface area contributed by atoms with Crippen LogP contribution >= 0.6 is 0 Å². The van der Waals surface area contributed by atoms with Crippen molar-refractivity contribution >= 4 is 5.97 Å². The predicted octanol–water partition coefficient (Wildman–Crippen LogP) is 3.58. The molecule has 1 aliphatic heterocycles. The lowest BCUT2D eigenvalue weighted by molar-refractivity contribution is -0.176. The summed E-state index contributed by atoms with van der Waals surface area (Å²) in [6, 6.07) is 8.94. The maximum atomic E-state index is 10.8. The van der Waals surface area contributed by atoms with Gasteiger partial charge in [-0.15, -0.1) is 0 Å². The number of carbonyl (C=O) groups excluding carboxylic acids is 1. The van der Waals surface area contributed by atoms with Gasteiger partial charge >= 0.3 is 5.97 Å². The van der Waals surface area contributed by atoms with E-state index in [0.717, 1.165) is 0 Å². The number of ether oxygens (including phenoxy) is 1. The molecule has 0 radical (unpaired) electrons. The van der Waals surface area contributed by atoms with Crippen LogP contribution in [0.4, 0.5) is 0 Å². The summed E-state index contributed by atoms with van der Waals surface area (Å²) in [5, 5.41) is 0. The molecule has 1 aromatic rings. The molecular weight excluding hydrogens is 224 g/mol. The summed E-state index contributed by atoms with van der Waals surface area (Å²) in [4.78, 5) is 10.8. The molecule has 1 heterocycles. The van der Waals surface area contributed by atoms with E-state index >= 15 is 0 Å². The molecule has 0 spiro atoms. The van der Waals surface area contributed by atoms with Crippen molar-refractivity contribution in [3.8, 4) is 0 Å². The third-order valence-electron chi connectivity index (χ3n) is 4.50. The molecule has 1 aliphatic carbocycles. The minimum atomic E-state index is -0.0133. The summed E-state index contributed by atoms with van der Waals surface area (Å²) >= 11 is 0. The highest BCUT2D eigenvalue weighted by molar-refractivity contribution is 5.75. The van der Waals surface area contributed by atoms with E-state index in [1.165, 1.54) is 36.8 Å². The van der Waals surface area contributed by atoms with Crippen molar-refractivity contribution in [2.45, 2.75) is 51.0 Å². The molecule has 3 rings (SSSR count). The van der Waals surface area contributed by atoms with Gasteiger partial charge in [0, 0.05) is 0 Å². The van der Waals surface area contributed by atoms with Crippen LogP contribution in [-0.2, 0) is 9.53 Å². The van der Waals surface area contributed by atoms with E-state index < -0.39 is 0 Å². The number of benzene rings is 1. The van der Waals surface area contributed by atoms with Crippen LogP contribution < -0.4 is 0 Å². The molecule has 1 atom stereocenters. The van der Waals surface area contributed by atoms with Gasteiger partial charge in [-0.2, -0.15) is 0 Å². The van der Waals surface area contributed by atoms with Gasteiger partial charge < -0.3 is 4.74 Å². The van der Waals surface area contributed by atoms with Crippen molar-refractivity contribution < 1.29 is 9.53 Å². The lowest BCUT2D eigenvalue weighted by Crippen LogP contribution is -2.40. The van der Waals surface area contributed by atoms with Gasteiger partial charge in [-0.3, -0.25) is 4.79 Å². The molecule has 2 nitrogen and oxygen atoms in total. The Balaban J connectivity index is 1.56. The predicted molar refractivity (Wildman–Crippen MR) is 70.4 cm³/mol. The van der Waals surface area contributed by atoms with Gasteiger partial charge in [0.05, 0.1) is 6.42 Å². The van der Waals surface area contributed by atoms with Crippen LogP contribution in [0.5, 0.6) is 0 Å². The first-order valence-electron chi connectivity index (χ1n) is 6.98. The second-order valence-electron chi connectivity index (χ2n) is 5.75. The van der Waals surface area contributed by atoms with Crippen molar-refractivity contribution in [2.24, 2.45) is 5.92 Å². The summed E-state index contributed by atoms with van der Waals surface area (Å²) in [6.07, 6.45) is 5.77. The highest BCUT2D eigenvalue weighted by atomic mass is 16.6. The molecule has 1 saturated heterocycles. The summed E-state index contributed by atoms with van der Waals surface area (Å²) in [6.45, 7) is 2.13. The summed E-state index contributed by atoms with van der Waals surface area (Å²) < 4.78 is 5.20. The topological polar surface area (TPSA) is 26.3 Å². The van der Waals surface area contributed by atoms with Crippen molar-refractivity contribution in [1.29, 1.82) is 0 Å². The second-order valence-corrected chi connectivity index (χ2v) is 5.75. The molecule has 0 amide bonds. The first-order valence-corrected chi connectivity index (χ1v) is 6.98. The standard InChI is InChI=1S/C16H20O2/c1-11-2-4-12(5-3-11)13-6-8-14(9-7-13)15-10-16(17)18-15/h2-5,13-15H,6-10H2,1H3. The zero-order valence-corrected chi connectivity index (χ0v) is 10.9. The zero-order chi connectivity index (χ0) is 12.5. The number of hydrogen-bond acceptors (Lipinski definition) is 2. The Labute approximate surface area is 108 Å². The first-order chi connectivity index (χ1) is 8.72. The Morgan fingerprint density at radius 3 is 2.22 bits per heavy atom. The maximum absolute atomic E-state index is 10.8. The molecule has 1 saturated carbocycles. The van der Waals surface area contributed by atoms with Gasteiger partial charge in [-0.1, -0.05) is 29.8 Å². The maximum Gasteiger partial charge on any atom is 0.309 e. The van der Waals surface area contributed by atoms with Crippen LogP contribution in [0.15, 0.2) is 24.3 Å². The SMILES string of the molecule is Cc1ccc(C2CCC(C3CC(=O)O3)CC2)cc1. The number of hydrogen-bond donors (Lipinski definition) is 0. The highest BCUT2D eigenvalue weighted by Crippen LogP contribution is 2.40. The molecule has 0 aromatic heterocycles. The molecule has 2 heteroatoms. The third-order valence-corrected chi connectivity index (χ3v) is 4.50. The van der Waals surface area contributed by atoms with Crippen LogP contribution in [0, 0.1) is 12.8 Å². The smallest absolute Gasteiger partial charge is 0.309 e. The lowest BCUT2D eigenvalue weighted by atomic mass is 9.75. The quantitative estimate of drug-likeness (QED) is 0.743. The van der Waals surface area contributed by atoms with Gasteiger partial charge in [0.15, 0.2) is 0 Å². The third kappa shape index (κ3) is 2.29. The molecule has 1 aromatic carbocycles. The molecule has 1 unspecified atom stereocenters. The van der Waals surface area contributed by atoms with Crippen molar-refractivity contribution in [3.05, 3.63) is 35.4 Å². The van der Waals surface area contributed by atoms with E-state index in [4.69, 9.17) is 4.74 Å². The van der Waals surface area contributed by atoms with Crippen molar-refractivity contribution in [3.63, 3.8) is 0 Å². The fraction of sp³-hybridized carbons (Fsp3) is 0.562. The van der Waals surface area contributed by atoms with Gasteiger partial charge in [-0.05, 0) is 50.0 Å². The largest absolute Gasteiger partial charge is 0.461 e. The molecule has 2 fully saturated rings. The van der Waals surface area contributed by atoms with Gasteiger partial charge in [-0.25, -0.2) is 0 Å². The normalized spacial score (nSPS) is 31.6. The van der Waals surface area contributed by atoms with Crippen LogP contribution in [0.3, 0.4) is 0 Å². The molecule has 96 valence electrons. The molecule has 0 bridgehead atoms. The average Bonchev–Trinajstić information content (AvgIpc) is 2.36. The lowest BCUT2D eigenvalue weighted by Gasteiger charge is -2.37. The van der Waals surface area contributed by atoms with Crippen molar-refractivity contribution in [2.75, 3.05) is 0 Å². The second kappa shape index (κ2) is 4.75. The first kappa shape index (κ1) is 11.8. The van der Waals surface area contributed by atoms with Crippen molar-refractivity contribution in [1.82, 2.24) is 0 Å². The van der Waals surface area contributed by atoms with Crippen LogP contribution in [-0.4, -0.2) is 12.1 Å². The monoisotopic (exact) mass is 244 g/mol. The van der Waals surface area contributed by atoms with Gasteiger partial charge in [0.1, 0.15) is 6.10 Å². The van der Waals surface area contributed by atoms with Crippen LogP contribution in [0.2, 0.25) is 0 Å². The average molecular weight is 244 g/mol. The Hall–Kier alpha value is -1.31. The van der Waals surface area contributed by atoms with E-state index in [9.17, 15) is 4.79 Å². The summed E-state index contributed by atoms with van der Waals surface area (Å²) in [5.74, 6) is 1.31. The van der Waals surface area contributed by atoms with E-state index in [2.05, 4.69) is 31.2 Å². The molecule has 0 N–H and O–H groups in total. The molecule has 2 aliphatic rings. The Kier molecular flexibility index (Phi) is 3.11.